The van der Waals surface area contributed by atoms with Crippen molar-refractivity contribution in [1.29, 1.82) is 0 Å². The number of piperidine rings is 1. The molecule has 5 nitrogen and oxygen atoms in total. The van der Waals surface area contributed by atoms with Crippen LogP contribution in [0.4, 0.5) is 4.79 Å². The van der Waals surface area contributed by atoms with Crippen molar-refractivity contribution in [2.75, 3.05) is 6.54 Å². The van der Waals surface area contributed by atoms with Crippen molar-refractivity contribution in [3.63, 3.8) is 0 Å². The first kappa shape index (κ1) is 14.8. The fraction of sp³-hybridized carbons (Fsp3) is 0.846. The number of aliphatic carboxylic acids is 1. The summed E-state index contributed by atoms with van der Waals surface area (Å²) in [7, 11) is 0. The first-order valence-corrected chi connectivity index (χ1v) is 6.60. The van der Waals surface area contributed by atoms with Gasteiger partial charge in [0.1, 0.15) is 0 Å². The van der Waals surface area contributed by atoms with Gasteiger partial charge in [0.2, 0.25) is 0 Å². The van der Waals surface area contributed by atoms with Crippen LogP contribution in [0.15, 0.2) is 0 Å². The Balaban J connectivity index is 2.58. The van der Waals surface area contributed by atoms with Crippen LogP contribution in [0.1, 0.15) is 52.9 Å². The Morgan fingerprint density at radius 2 is 2.00 bits per heavy atom. The minimum atomic E-state index is -0.795. The Labute approximate surface area is 109 Å². The Hall–Kier alpha value is -1.26. The maximum Gasteiger partial charge on any atom is 0.318 e. The van der Waals surface area contributed by atoms with Gasteiger partial charge in [0.15, 0.2) is 0 Å². The van der Waals surface area contributed by atoms with Gasteiger partial charge in [-0.1, -0.05) is 0 Å². The van der Waals surface area contributed by atoms with Crippen LogP contribution in [0.3, 0.4) is 0 Å². The number of urea groups is 1. The van der Waals surface area contributed by atoms with Crippen LogP contribution in [0.2, 0.25) is 0 Å². The zero-order valence-electron chi connectivity index (χ0n) is 11.5. The summed E-state index contributed by atoms with van der Waals surface area (Å²) in [6.45, 7) is 6.56. The lowest BCUT2D eigenvalue weighted by atomic mass is 9.98. The molecule has 2 N–H and O–H groups in total. The number of likely N-dealkylation sites (tertiary alicyclic amines) is 1. The van der Waals surface area contributed by atoms with E-state index in [1.54, 1.807) is 4.90 Å². The molecule has 0 aromatic heterocycles. The molecule has 0 bridgehead atoms. The number of nitrogens with zero attached hydrogens (tertiary/aromatic N) is 1. The highest BCUT2D eigenvalue weighted by atomic mass is 16.4. The van der Waals surface area contributed by atoms with E-state index < -0.39 is 5.97 Å². The number of hydrogen-bond donors (Lipinski definition) is 2. The van der Waals surface area contributed by atoms with Crippen molar-refractivity contribution in [3.05, 3.63) is 0 Å². The molecule has 5 heteroatoms. The Bertz CT molecular complexity index is 310. The molecular formula is C13H24N2O3. The minimum absolute atomic E-state index is 0.0669. The van der Waals surface area contributed by atoms with Gasteiger partial charge in [0.05, 0.1) is 0 Å². The summed E-state index contributed by atoms with van der Waals surface area (Å²) in [6, 6.07) is -0.00483. The van der Waals surface area contributed by atoms with E-state index in [2.05, 4.69) is 5.32 Å². The molecule has 1 aliphatic rings. The van der Waals surface area contributed by atoms with E-state index in [0.717, 1.165) is 25.8 Å². The summed E-state index contributed by atoms with van der Waals surface area (Å²) in [5.74, 6) is -0.795. The molecule has 0 spiro atoms. The van der Waals surface area contributed by atoms with Gasteiger partial charge in [-0.3, -0.25) is 4.79 Å². The Morgan fingerprint density at radius 1 is 1.33 bits per heavy atom. The summed E-state index contributed by atoms with van der Waals surface area (Å²) in [5, 5.41) is 11.7. The lowest BCUT2D eigenvalue weighted by molar-refractivity contribution is -0.137. The molecular weight excluding hydrogens is 232 g/mol. The van der Waals surface area contributed by atoms with Gasteiger partial charge in [0.25, 0.3) is 0 Å². The number of hydrogen-bond acceptors (Lipinski definition) is 2. The van der Waals surface area contributed by atoms with Crippen LogP contribution in [-0.4, -0.2) is 40.1 Å². The van der Waals surface area contributed by atoms with Crippen molar-refractivity contribution < 1.29 is 14.7 Å². The lowest BCUT2D eigenvalue weighted by Gasteiger charge is -2.37. The maximum atomic E-state index is 12.1. The van der Waals surface area contributed by atoms with E-state index >= 15 is 0 Å². The molecule has 0 radical (unpaired) electrons. The molecule has 1 heterocycles. The van der Waals surface area contributed by atoms with Crippen molar-refractivity contribution in [3.8, 4) is 0 Å². The molecule has 0 aromatic carbocycles. The van der Waals surface area contributed by atoms with Gasteiger partial charge in [-0.05, 0) is 46.5 Å². The third kappa shape index (κ3) is 4.94. The second-order valence-corrected chi connectivity index (χ2v) is 5.96. The van der Waals surface area contributed by atoms with E-state index in [0.29, 0.717) is 6.42 Å². The number of carbonyl (C=O) groups is 2. The fourth-order valence-electron chi connectivity index (χ4n) is 2.25. The van der Waals surface area contributed by atoms with E-state index in [9.17, 15) is 9.59 Å². The third-order valence-corrected chi connectivity index (χ3v) is 3.06. The first-order chi connectivity index (χ1) is 8.29. The van der Waals surface area contributed by atoms with Crippen LogP contribution < -0.4 is 5.32 Å². The van der Waals surface area contributed by atoms with Gasteiger partial charge in [-0.15, -0.1) is 0 Å². The highest BCUT2D eigenvalue weighted by molar-refractivity contribution is 5.75. The van der Waals surface area contributed by atoms with Gasteiger partial charge >= 0.3 is 12.0 Å². The number of carboxylic acids is 1. The molecule has 104 valence electrons. The number of rotatable bonds is 3. The van der Waals surface area contributed by atoms with E-state index in [1.807, 2.05) is 20.8 Å². The summed E-state index contributed by atoms with van der Waals surface area (Å²) < 4.78 is 0. The summed E-state index contributed by atoms with van der Waals surface area (Å²) in [6.07, 6.45) is 3.66. The van der Waals surface area contributed by atoms with Crippen molar-refractivity contribution in [1.82, 2.24) is 10.2 Å². The van der Waals surface area contributed by atoms with Crippen molar-refractivity contribution in [2.24, 2.45) is 0 Å². The second-order valence-electron chi connectivity index (χ2n) is 5.96. The smallest absolute Gasteiger partial charge is 0.318 e. The van der Waals surface area contributed by atoms with Crippen LogP contribution >= 0.6 is 0 Å². The minimum Gasteiger partial charge on any atom is -0.481 e. The molecule has 0 aliphatic carbocycles. The standard InChI is InChI=1S/C13H24N2O3/c1-13(2,3)14-12(18)15-9-5-4-6-10(15)7-8-11(16)17/h10H,4-9H2,1-3H3,(H,14,18)(H,16,17). The molecule has 0 saturated carbocycles. The molecule has 18 heavy (non-hydrogen) atoms. The van der Waals surface area contributed by atoms with Crippen LogP contribution in [0.5, 0.6) is 0 Å². The highest BCUT2D eigenvalue weighted by Gasteiger charge is 2.28. The monoisotopic (exact) mass is 256 g/mol. The molecule has 1 aliphatic heterocycles. The quantitative estimate of drug-likeness (QED) is 0.813. The van der Waals surface area contributed by atoms with E-state index in [4.69, 9.17) is 5.11 Å². The van der Waals surface area contributed by atoms with Crippen LogP contribution in [0.25, 0.3) is 0 Å². The van der Waals surface area contributed by atoms with Gasteiger partial charge in [-0.25, -0.2) is 4.79 Å². The molecule has 1 unspecified atom stereocenters. The largest absolute Gasteiger partial charge is 0.481 e. The molecule has 1 atom stereocenters. The zero-order chi connectivity index (χ0) is 13.8. The normalized spacial score (nSPS) is 20.6. The molecule has 1 saturated heterocycles. The maximum absolute atomic E-state index is 12.1. The molecule has 1 rings (SSSR count). The molecule has 0 aromatic rings. The van der Waals surface area contributed by atoms with E-state index in [-0.39, 0.29) is 24.0 Å². The third-order valence-electron chi connectivity index (χ3n) is 3.06. The molecule has 2 amide bonds. The molecule has 1 fully saturated rings. The summed E-state index contributed by atoms with van der Waals surface area (Å²) >= 11 is 0. The van der Waals surface area contributed by atoms with Gasteiger partial charge in [-0.2, -0.15) is 0 Å². The average molecular weight is 256 g/mol. The topological polar surface area (TPSA) is 69.6 Å². The lowest BCUT2D eigenvalue weighted by Crippen LogP contribution is -2.53. The average Bonchev–Trinajstić information content (AvgIpc) is 2.24. The van der Waals surface area contributed by atoms with E-state index in [1.165, 1.54) is 0 Å². The Kier molecular flexibility index (Phi) is 4.99. The first-order valence-electron chi connectivity index (χ1n) is 6.60. The fourth-order valence-corrected chi connectivity index (χ4v) is 2.25. The number of amides is 2. The second kappa shape index (κ2) is 6.07. The van der Waals surface area contributed by atoms with Crippen molar-refractivity contribution >= 4 is 12.0 Å². The summed E-state index contributed by atoms with van der Waals surface area (Å²) in [4.78, 5) is 24.6. The highest BCUT2D eigenvalue weighted by Crippen LogP contribution is 2.21. The van der Waals surface area contributed by atoms with Gasteiger partial charge < -0.3 is 15.3 Å². The Morgan fingerprint density at radius 3 is 2.56 bits per heavy atom. The number of carboxylic acid groups (broad SMARTS) is 1. The number of carbonyl (C=O) groups excluding carboxylic acids is 1. The predicted octanol–water partition coefficient (Wildman–Crippen LogP) is 2.21. The van der Waals surface area contributed by atoms with Crippen molar-refractivity contribution in [2.45, 2.75) is 64.5 Å². The SMILES string of the molecule is CC(C)(C)NC(=O)N1CCCCC1CCC(=O)O. The van der Waals surface area contributed by atoms with Crippen LogP contribution in [-0.2, 0) is 4.79 Å². The van der Waals surface area contributed by atoms with Crippen LogP contribution in [0, 0.1) is 0 Å². The zero-order valence-corrected chi connectivity index (χ0v) is 11.5. The summed E-state index contributed by atoms with van der Waals surface area (Å²) in [5.41, 5.74) is -0.258. The number of nitrogens with one attached hydrogen (secondary N) is 1. The predicted molar refractivity (Wildman–Crippen MR) is 69.5 cm³/mol. The van der Waals surface area contributed by atoms with Gasteiger partial charge in [0, 0.05) is 24.5 Å².